The quantitative estimate of drug-likeness (QED) is 0.404. The van der Waals surface area contributed by atoms with Crippen molar-refractivity contribution < 1.29 is 22.7 Å². The van der Waals surface area contributed by atoms with Crippen LogP contribution in [0.1, 0.15) is 84.7 Å². The first-order valence-corrected chi connectivity index (χ1v) is 15.8. The molecular weight excluding hydrogens is 526 g/mol. The van der Waals surface area contributed by atoms with Crippen LogP contribution in [0.25, 0.3) is 22.2 Å². The molecule has 0 spiro atoms. The maximum Gasteiger partial charge on any atom is 0.304 e. The van der Waals surface area contributed by atoms with Gasteiger partial charge in [0.05, 0.1) is 18.2 Å². The van der Waals surface area contributed by atoms with Gasteiger partial charge in [0.15, 0.2) is 0 Å². The molecule has 3 aromatic rings. The molecule has 0 bridgehead atoms. The average molecular weight is 562 g/mol. The van der Waals surface area contributed by atoms with E-state index in [9.17, 15) is 18.0 Å². The summed E-state index contributed by atoms with van der Waals surface area (Å²) in [6.45, 7) is 0.532. The van der Waals surface area contributed by atoms with Crippen LogP contribution in [-0.2, 0) is 21.5 Å². The summed E-state index contributed by atoms with van der Waals surface area (Å²) < 4.78 is 36.9. The number of benzene rings is 2. The number of nitrogens with zero attached hydrogens (tertiary/aromatic N) is 2. The van der Waals surface area contributed by atoms with E-state index in [4.69, 9.17) is 4.74 Å². The lowest BCUT2D eigenvalue weighted by Crippen LogP contribution is -2.42. The summed E-state index contributed by atoms with van der Waals surface area (Å²) in [5, 5.41) is 1.08. The van der Waals surface area contributed by atoms with E-state index in [1.54, 1.807) is 13.2 Å². The van der Waals surface area contributed by atoms with Gasteiger partial charge in [0.25, 0.3) is 5.91 Å². The van der Waals surface area contributed by atoms with E-state index < -0.39 is 21.5 Å². The molecule has 40 heavy (non-hydrogen) atoms. The highest BCUT2D eigenvalue weighted by molar-refractivity contribution is 7.87. The van der Waals surface area contributed by atoms with Gasteiger partial charge in [-0.05, 0) is 85.4 Å². The summed E-state index contributed by atoms with van der Waals surface area (Å²) in [6.07, 6.45) is 9.32. The molecule has 8 nitrogen and oxygen atoms in total. The summed E-state index contributed by atoms with van der Waals surface area (Å²) in [4.78, 5) is 25.8. The van der Waals surface area contributed by atoms with Gasteiger partial charge in [0, 0.05) is 41.7 Å². The minimum absolute atomic E-state index is 0.0445. The van der Waals surface area contributed by atoms with Crippen LogP contribution >= 0.6 is 0 Å². The Balaban J connectivity index is 1.40. The maximum absolute atomic E-state index is 13.3. The fourth-order valence-corrected chi connectivity index (χ4v) is 8.31. The van der Waals surface area contributed by atoms with Crippen LogP contribution in [0, 0.1) is 5.41 Å². The Morgan fingerprint density at radius 1 is 1.10 bits per heavy atom. The first kappa shape index (κ1) is 25.8. The summed E-state index contributed by atoms with van der Waals surface area (Å²) in [6, 6.07) is 11.7. The van der Waals surface area contributed by atoms with E-state index in [-0.39, 0.29) is 12.0 Å². The first-order chi connectivity index (χ1) is 19.3. The topological polar surface area (TPSA) is 97.7 Å². The summed E-state index contributed by atoms with van der Waals surface area (Å²) in [5.41, 5.74) is 5.37. The Morgan fingerprint density at radius 2 is 1.88 bits per heavy atom. The molecule has 2 atom stereocenters. The van der Waals surface area contributed by atoms with Crippen LogP contribution in [0.2, 0.25) is 0 Å². The molecule has 7 rings (SSSR count). The molecule has 210 valence electrons. The first-order valence-electron chi connectivity index (χ1n) is 14.4. The van der Waals surface area contributed by atoms with Gasteiger partial charge in [-0.25, -0.2) is 4.72 Å². The highest BCUT2D eigenvalue weighted by atomic mass is 32.2. The van der Waals surface area contributed by atoms with E-state index in [0.717, 1.165) is 71.9 Å². The number of methoxy groups -OCH3 is 1. The third-order valence-corrected chi connectivity index (χ3v) is 11.2. The van der Waals surface area contributed by atoms with Crippen molar-refractivity contribution in [1.29, 1.82) is 0 Å². The van der Waals surface area contributed by atoms with Gasteiger partial charge >= 0.3 is 10.2 Å². The van der Waals surface area contributed by atoms with Gasteiger partial charge < -0.3 is 14.1 Å². The largest absolute Gasteiger partial charge is 0.497 e. The smallest absolute Gasteiger partial charge is 0.304 e. The number of nitrogens with one attached hydrogen (secondary N) is 1. The lowest BCUT2D eigenvalue weighted by atomic mass is 9.81. The van der Waals surface area contributed by atoms with Crippen molar-refractivity contribution in [3.05, 3.63) is 53.1 Å². The van der Waals surface area contributed by atoms with Gasteiger partial charge in [-0.3, -0.25) is 4.79 Å². The molecule has 2 heterocycles. The molecule has 1 amide bonds. The van der Waals surface area contributed by atoms with Crippen LogP contribution in [0.5, 0.6) is 5.75 Å². The third-order valence-electron chi connectivity index (χ3n) is 9.74. The number of fused-ring (bicyclic) bond motifs is 7. The lowest BCUT2D eigenvalue weighted by Gasteiger charge is -2.24. The molecule has 1 N–H and O–H groups in total. The molecule has 1 aromatic heterocycles. The van der Waals surface area contributed by atoms with Crippen molar-refractivity contribution >= 4 is 33.3 Å². The van der Waals surface area contributed by atoms with E-state index in [1.165, 1.54) is 36.2 Å². The zero-order chi connectivity index (χ0) is 27.8. The van der Waals surface area contributed by atoms with Crippen molar-refractivity contribution in [3.63, 3.8) is 0 Å². The predicted octanol–water partition coefficient (Wildman–Crippen LogP) is 5.12. The van der Waals surface area contributed by atoms with Crippen molar-refractivity contribution in [2.75, 3.05) is 14.2 Å². The van der Waals surface area contributed by atoms with Crippen LogP contribution in [0.3, 0.4) is 0 Å². The Hall–Kier alpha value is -3.17. The van der Waals surface area contributed by atoms with Crippen molar-refractivity contribution in [3.8, 4) is 17.0 Å². The lowest BCUT2D eigenvalue weighted by molar-refractivity contribution is -0.112. The van der Waals surface area contributed by atoms with Crippen LogP contribution < -0.4 is 9.46 Å². The highest BCUT2D eigenvalue weighted by Crippen LogP contribution is 2.64. The number of carbonyl (C=O) groups is 2. The molecule has 0 saturated heterocycles. The fraction of sp³-hybridized carbons (Fsp3) is 0.484. The summed E-state index contributed by atoms with van der Waals surface area (Å²) >= 11 is 0. The van der Waals surface area contributed by atoms with Gasteiger partial charge in [0.1, 0.15) is 12.0 Å². The molecule has 9 heteroatoms. The van der Waals surface area contributed by atoms with Crippen molar-refractivity contribution in [2.45, 2.75) is 75.8 Å². The van der Waals surface area contributed by atoms with E-state index in [1.807, 2.05) is 18.2 Å². The maximum atomic E-state index is 13.3. The number of hydrogen-bond donors (Lipinski definition) is 1. The number of amides is 1. The molecular formula is C31H35N3O5S. The fourth-order valence-electron chi connectivity index (χ4n) is 7.21. The Bertz CT molecular complexity index is 1650. The number of rotatable bonds is 7. The highest BCUT2D eigenvalue weighted by Gasteiger charge is 2.58. The zero-order valence-corrected chi connectivity index (χ0v) is 23.8. The van der Waals surface area contributed by atoms with Gasteiger partial charge in [-0.15, -0.1) is 0 Å². The Kier molecular flexibility index (Phi) is 5.91. The van der Waals surface area contributed by atoms with Crippen molar-refractivity contribution in [2.24, 2.45) is 5.41 Å². The molecule has 3 saturated carbocycles. The molecule has 4 aliphatic rings. The second-order valence-corrected chi connectivity index (χ2v) is 13.9. The van der Waals surface area contributed by atoms with Crippen molar-refractivity contribution in [1.82, 2.24) is 13.6 Å². The van der Waals surface area contributed by atoms with Crippen LogP contribution in [0.15, 0.2) is 36.4 Å². The SMILES string of the molecule is COc1ccc2c(c1)C1CC1(C=O)Cn1c-2c(C2CCCCC2)c2ccc(C(=O)NS(=O)(=O)N(C)C3CC3)cc21. The molecule has 1 aliphatic heterocycles. The Labute approximate surface area is 234 Å². The summed E-state index contributed by atoms with van der Waals surface area (Å²) in [5.74, 6) is 0.651. The second kappa shape index (κ2) is 9.17. The van der Waals surface area contributed by atoms with E-state index >= 15 is 0 Å². The minimum Gasteiger partial charge on any atom is -0.497 e. The molecule has 0 radical (unpaired) electrons. The Morgan fingerprint density at radius 3 is 2.58 bits per heavy atom. The zero-order valence-electron chi connectivity index (χ0n) is 23.0. The van der Waals surface area contributed by atoms with E-state index in [0.29, 0.717) is 18.0 Å². The molecule has 2 aromatic carbocycles. The standard InChI is InChI=1S/C31H35N3O5S/c1-33(21-9-10-21)40(37,38)32-30(36)20-8-12-24-27(14-20)34-17-31(18-35)16-26(31)25-15-22(39-2)11-13-23(25)29(34)28(24)19-6-4-3-5-7-19/h8,11-15,18-19,21,26H,3-7,9-10,16-17H2,1-2H3,(H,32,36). The molecule has 2 unspecified atom stereocenters. The normalized spacial score (nSPS) is 24.1. The number of hydrogen-bond acceptors (Lipinski definition) is 5. The van der Waals surface area contributed by atoms with E-state index in [2.05, 4.69) is 21.4 Å². The third kappa shape index (κ3) is 4.00. The summed E-state index contributed by atoms with van der Waals surface area (Å²) in [7, 11) is -0.751. The van der Waals surface area contributed by atoms with Gasteiger partial charge in [0.2, 0.25) is 0 Å². The number of aromatic nitrogens is 1. The van der Waals surface area contributed by atoms with Crippen LogP contribution in [0.4, 0.5) is 0 Å². The number of ether oxygens (including phenoxy) is 1. The van der Waals surface area contributed by atoms with Crippen LogP contribution in [-0.4, -0.2) is 49.7 Å². The number of carbonyl (C=O) groups excluding carboxylic acids is 2. The van der Waals surface area contributed by atoms with Gasteiger partial charge in [-0.2, -0.15) is 12.7 Å². The minimum atomic E-state index is -3.93. The predicted molar refractivity (Wildman–Crippen MR) is 153 cm³/mol. The average Bonchev–Trinajstić information content (AvgIpc) is 3.89. The monoisotopic (exact) mass is 561 g/mol. The van der Waals surface area contributed by atoms with Gasteiger partial charge in [-0.1, -0.05) is 25.3 Å². The molecule has 3 fully saturated rings. The molecule has 3 aliphatic carbocycles. The number of aldehydes is 1. The second-order valence-electron chi connectivity index (χ2n) is 12.2.